The first-order chi connectivity index (χ1) is 7.40. The Morgan fingerprint density at radius 3 is 2.47 bits per heavy atom. The molecule has 0 aromatic heterocycles. The molecule has 0 spiro atoms. The molecule has 0 saturated heterocycles. The van der Waals surface area contributed by atoms with E-state index >= 15 is 0 Å². The molecule has 0 bridgehead atoms. The molecule has 0 aliphatic carbocycles. The normalized spacial score (nSPS) is 11.2. The van der Waals surface area contributed by atoms with Crippen LogP contribution in [0.2, 0.25) is 0 Å². The molecule has 1 aromatic carbocycles. The third-order valence-electron chi connectivity index (χ3n) is 2.11. The van der Waals surface area contributed by atoms with Gasteiger partial charge in [0.2, 0.25) is 0 Å². The molecule has 0 saturated carbocycles. The topological polar surface area (TPSA) is 12.5 Å². The number of benzene rings is 1. The van der Waals surface area contributed by atoms with Crippen molar-refractivity contribution in [2.75, 3.05) is 20.6 Å². The molecule has 7 heteroatoms. The van der Waals surface area contributed by atoms with Gasteiger partial charge in [0, 0.05) is 6.54 Å². The van der Waals surface area contributed by atoms with E-state index in [0.29, 0.717) is 5.75 Å². The largest absolute Gasteiger partial charge is 1.00 e. The molecule has 90 valence electrons. The monoisotopic (exact) mass is 271 g/mol. The molecule has 0 fully saturated rings. The van der Waals surface area contributed by atoms with Gasteiger partial charge in [0.25, 0.3) is 0 Å². The molecule has 0 radical (unpaired) electrons. The van der Waals surface area contributed by atoms with Gasteiger partial charge in [0.1, 0.15) is 5.75 Å². The first-order valence-corrected chi connectivity index (χ1v) is 4.93. The zero-order chi connectivity index (χ0) is 12.2. The molecule has 1 rings (SSSR count). The van der Waals surface area contributed by atoms with Gasteiger partial charge >= 0.3 is 58.4 Å². The molecule has 17 heavy (non-hydrogen) atoms. The summed E-state index contributed by atoms with van der Waals surface area (Å²) in [6, 6.07) is 7.04. The van der Waals surface area contributed by atoms with Crippen LogP contribution >= 0.6 is 0 Å². The van der Waals surface area contributed by atoms with Crippen molar-refractivity contribution in [2.45, 2.75) is 6.54 Å². The van der Waals surface area contributed by atoms with Crippen molar-refractivity contribution in [2.24, 2.45) is 0 Å². The summed E-state index contributed by atoms with van der Waals surface area (Å²) < 4.78 is 41.5. The number of halogens is 3. The maximum atomic E-state index is 12.2. The van der Waals surface area contributed by atoms with Crippen LogP contribution in [0, 0.1) is 0 Å². The van der Waals surface area contributed by atoms with E-state index in [9.17, 15) is 12.9 Å². The SMILES string of the molecule is COc1cccc(CN(C)C[B-](F)(F)F)c1.[K+]. The summed E-state index contributed by atoms with van der Waals surface area (Å²) in [6.45, 7) is -4.50. The summed E-state index contributed by atoms with van der Waals surface area (Å²) in [7, 11) is 2.98. The molecule has 2 nitrogen and oxygen atoms in total. The van der Waals surface area contributed by atoms with Crippen LogP contribution in [-0.2, 0) is 6.54 Å². The molecule has 0 N–H and O–H groups in total. The van der Waals surface area contributed by atoms with E-state index in [4.69, 9.17) is 4.74 Å². The number of ether oxygens (including phenoxy) is 1. The molecular formula is C10H14BF3KNO. The summed E-state index contributed by atoms with van der Waals surface area (Å²) in [5.41, 5.74) is 0.807. The van der Waals surface area contributed by atoms with Gasteiger partial charge in [-0.2, -0.15) is 0 Å². The summed E-state index contributed by atoms with van der Waals surface area (Å²) in [5.74, 6) is 0.656. The van der Waals surface area contributed by atoms with Gasteiger partial charge in [0.05, 0.1) is 7.11 Å². The Balaban J connectivity index is 0.00000256. The second-order valence-electron chi connectivity index (χ2n) is 3.76. The number of rotatable bonds is 5. The van der Waals surface area contributed by atoms with Crippen molar-refractivity contribution >= 4 is 6.98 Å². The predicted octanol–water partition coefficient (Wildman–Crippen LogP) is -0.482. The van der Waals surface area contributed by atoms with Crippen molar-refractivity contribution in [1.29, 1.82) is 0 Å². The third kappa shape index (κ3) is 7.48. The number of nitrogens with zero attached hydrogens (tertiary/aromatic N) is 1. The summed E-state index contributed by atoms with van der Waals surface area (Å²) in [5, 5.41) is 0. The molecular weight excluding hydrogens is 257 g/mol. The Morgan fingerprint density at radius 2 is 1.94 bits per heavy atom. The van der Waals surface area contributed by atoms with E-state index in [-0.39, 0.29) is 57.9 Å². The van der Waals surface area contributed by atoms with Gasteiger partial charge < -0.3 is 22.6 Å². The maximum absolute atomic E-state index is 12.2. The van der Waals surface area contributed by atoms with Gasteiger partial charge in [-0.15, -0.1) is 0 Å². The van der Waals surface area contributed by atoms with E-state index in [1.807, 2.05) is 0 Å². The molecule has 0 aliphatic rings. The Labute approximate surface area is 142 Å². The van der Waals surface area contributed by atoms with E-state index in [1.54, 1.807) is 24.3 Å². The summed E-state index contributed by atoms with van der Waals surface area (Å²) in [4.78, 5) is 1.24. The van der Waals surface area contributed by atoms with Gasteiger partial charge in [-0.05, 0) is 31.2 Å². The Bertz CT molecular complexity index is 349. The zero-order valence-electron chi connectivity index (χ0n) is 10.3. The van der Waals surface area contributed by atoms with Crippen molar-refractivity contribution in [1.82, 2.24) is 4.90 Å². The predicted molar refractivity (Wildman–Crippen MR) is 58.4 cm³/mol. The fraction of sp³-hybridized carbons (Fsp3) is 0.400. The molecule has 0 atom stereocenters. The van der Waals surface area contributed by atoms with E-state index < -0.39 is 13.4 Å². The minimum absolute atomic E-state index is 0. The van der Waals surface area contributed by atoms with Crippen LogP contribution in [0.25, 0.3) is 0 Å². The summed E-state index contributed by atoms with van der Waals surface area (Å²) >= 11 is 0. The Kier molecular flexibility index (Phi) is 8.02. The maximum Gasteiger partial charge on any atom is 1.00 e. The molecule has 1 aromatic rings. The van der Waals surface area contributed by atoms with Crippen molar-refractivity contribution in [3.8, 4) is 5.75 Å². The van der Waals surface area contributed by atoms with Gasteiger partial charge in [-0.1, -0.05) is 12.1 Å². The van der Waals surface area contributed by atoms with Crippen LogP contribution in [0.1, 0.15) is 5.56 Å². The Hall–Kier alpha value is 0.471. The minimum atomic E-state index is -4.76. The van der Waals surface area contributed by atoms with E-state index in [1.165, 1.54) is 19.1 Å². The van der Waals surface area contributed by atoms with Crippen LogP contribution < -0.4 is 56.1 Å². The fourth-order valence-corrected chi connectivity index (χ4v) is 1.50. The number of hydrogen-bond acceptors (Lipinski definition) is 2. The first-order valence-electron chi connectivity index (χ1n) is 4.93. The van der Waals surface area contributed by atoms with Gasteiger partial charge in [0.15, 0.2) is 0 Å². The van der Waals surface area contributed by atoms with Crippen LogP contribution in [0.4, 0.5) is 12.9 Å². The second kappa shape index (κ2) is 7.81. The molecule has 0 heterocycles. The van der Waals surface area contributed by atoms with Crippen LogP contribution in [0.15, 0.2) is 24.3 Å². The van der Waals surface area contributed by atoms with E-state index in [0.717, 1.165) is 5.56 Å². The standard InChI is InChI=1S/C10H14BF3NO.K/c1-15(8-11(12,13)14)7-9-4-3-5-10(6-9)16-2;/h3-6H,7-8H2,1-2H3;/q-1;+1. The fourth-order valence-electron chi connectivity index (χ4n) is 1.50. The summed E-state index contributed by atoms with van der Waals surface area (Å²) in [6.07, 6.45) is -0.850. The third-order valence-corrected chi connectivity index (χ3v) is 2.11. The van der Waals surface area contributed by atoms with Crippen molar-refractivity contribution in [3.63, 3.8) is 0 Å². The van der Waals surface area contributed by atoms with Gasteiger partial charge in [-0.25, -0.2) is 0 Å². The molecule has 0 amide bonds. The zero-order valence-corrected chi connectivity index (χ0v) is 13.4. The second-order valence-corrected chi connectivity index (χ2v) is 3.76. The Morgan fingerprint density at radius 1 is 1.29 bits per heavy atom. The van der Waals surface area contributed by atoms with Crippen molar-refractivity contribution < 1.29 is 69.1 Å². The smallest absolute Gasteiger partial charge is 0.497 e. The van der Waals surface area contributed by atoms with Crippen LogP contribution in [0.3, 0.4) is 0 Å². The quantitative estimate of drug-likeness (QED) is 0.671. The van der Waals surface area contributed by atoms with Crippen LogP contribution in [0.5, 0.6) is 5.75 Å². The number of methoxy groups -OCH3 is 1. The van der Waals surface area contributed by atoms with Crippen molar-refractivity contribution in [3.05, 3.63) is 29.8 Å². The first kappa shape index (κ1) is 17.5. The molecule has 0 unspecified atom stereocenters. The average molecular weight is 271 g/mol. The number of hydrogen-bond donors (Lipinski definition) is 0. The average Bonchev–Trinajstić information content (AvgIpc) is 2.15. The van der Waals surface area contributed by atoms with Crippen LogP contribution in [-0.4, -0.2) is 32.5 Å². The van der Waals surface area contributed by atoms with E-state index in [2.05, 4.69) is 0 Å². The van der Waals surface area contributed by atoms with Gasteiger partial charge in [-0.3, -0.25) is 0 Å². The molecule has 0 aliphatic heterocycles. The minimum Gasteiger partial charge on any atom is -0.497 e.